The first-order chi connectivity index (χ1) is 16.7. The Morgan fingerprint density at radius 2 is 1.86 bits per heavy atom. The third-order valence-corrected chi connectivity index (χ3v) is 7.67. The largest absolute Gasteiger partial charge is 0.416 e. The van der Waals surface area contributed by atoms with Crippen molar-refractivity contribution in [2.45, 2.75) is 49.3 Å². The van der Waals surface area contributed by atoms with Crippen LogP contribution < -0.4 is 4.72 Å². The minimum absolute atomic E-state index is 0.0745. The van der Waals surface area contributed by atoms with Gasteiger partial charge in [-0.2, -0.15) is 18.3 Å². The normalized spacial score (nSPS) is 19.3. The molecule has 35 heavy (non-hydrogen) atoms. The summed E-state index contributed by atoms with van der Waals surface area (Å²) in [6.45, 7) is 0.654. The molecule has 1 aliphatic rings. The highest BCUT2D eigenvalue weighted by Crippen LogP contribution is 2.35. The lowest BCUT2D eigenvalue weighted by atomic mass is 9.86. The predicted molar refractivity (Wildman–Crippen MR) is 120 cm³/mol. The molecule has 0 radical (unpaired) electrons. The van der Waals surface area contributed by atoms with Gasteiger partial charge in [0.05, 0.1) is 22.3 Å². The molecule has 1 saturated carbocycles. The molecule has 0 spiro atoms. The summed E-state index contributed by atoms with van der Waals surface area (Å²) in [5.74, 6) is 0.203. The highest BCUT2D eigenvalue weighted by molar-refractivity contribution is 7.89. The number of sulfonamides is 1. The lowest BCUT2D eigenvalue weighted by molar-refractivity contribution is -0.137. The number of hydrogen-bond acceptors (Lipinski definition) is 6. The maximum atomic E-state index is 13.7. The quantitative estimate of drug-likeness (QED) is 0.430. The van der Waals surface area contributed by atoms with Gasteiger partial charge >= 0.3 is 6.18 Å². The van der Waals surface area contributed by atoms with Crippen LogP contribution in [0.3, 0.4) is 0 Å². The van der Waals surface area contributed by atoms with E-state index >= 15 is 0 Å². The van der Waals surface area contributed by atoms with E-state index in [2.05, 4.69) is 25.0 Å². The van der Waals surface area contributed by atoms with Gasteiger partial charge in [-0.05, 0) is 49.4 Å². The summed E-state index contributed by atoms with van der Waals surface area (Å²) in [5, 5.41) is 11.7. The monoisotopic (exact) mass is 505 g/mol. The molecule has 3 aromatic heterocycles. The second-order valence-corrected chi connectivity index (χ2v) is 10.4. The number of fused-ring (bicyclic) bond motifs is 1. The van der Waals surface area contributed by atoms with Gasteiger partial charge in [0.15, 0.2) is 5.65 Å². The van der Waals surface area contributed by atoms with Crippen LogP contribution in [0.2, 0.25) is 0 Å². The summed E-state index contributed by atoms with van der Waals surface area (Å²) in [6.07, 6.45) is 4.30. The van der Waals surface area contributed by atoms with Crippen LogP contribution in [0.25, 0.3) is 16.9 Å². The van der Waals surface area contributed by atoms with Gasteiger partial charge in [-0.25, -0.2) is 22.6 Å². The van der Waals surface area contributed by atoms with Crippen molar-refractivity contribution in [2.75, 3.05) is 0 Å². The van der Waals surface area contributed by atoms with E-state index in [-0.39, 0.29) is 17.5 Å². The van der Waals surface area contributed by atoms with Gasteiger partial charge < -0.3 is 4.57 Å². The van der Waals surface area contributed by atoms with Crippen molar-refractivity contribution in [1.82, 2.24) is 34.1 Å². The Morgan fingerprint density at radius 3 is 2.63 bits per heavy atom. The van der Waals surface area contributed by atoms with E-state index < -0.39 is 26.7 Å². The Kier molecular flexibility index (Phi) is 6.05. The van der Waals surface area contributed by atoms with Crippen LogP contribution in [0.5, 0.6) is 0 Å². The van der Waals surface area contributed by atoms with Gasteiger partial charge in [0.1, 0.15) is 12.7 Å². The van der Waals surface area contributed by atoms with E-state index in [0.717, 1.165) is 18.9 Å². The molecule has 13 heteroatoms. The molecule has 0 unspecified atom stereocenters. The lowest BCUT2D eigenvalue weighted by Crippen LogP contribution is -2.39. The molecule has 184 valence electrons. The first-order valence-corrected chi connectivity index (χ1v) is 12.5. The molecule has 0 aliphatic heterocycles. The third-order valence-electron chi connectivity index (χ3n) is 6.17. The Hall–Kier alpha value is -3.32. The average molecular weight is 506 g/mol. The molecular formula is C22H22F3N7O2S. The number of halogens is 3. The van der Waals surface area contributed by atoms with Crippen LogP contribution >= 0.6 is 0 Å². The van der Waals surface area contributed by atoms with Crippen LogP contribution in [-0.2, 0) is 22.7 Å². The van der Waals surface area contributed by atoms with E-state index in [1.165, 1.54) is 29.0 Å². The molecule has 1 aromatic carbocycles. The number of benzene rings is 1. The van der Waals surface area contributed by atoms with Gasteiger partial charge in [-0.15, -0.1) is 10.2 Å². The maximum absolute atomic E-state index is 13.7. The van der Waals surface area contributed by atoms with Crippen molar-refractivity contribution < 1.29 is 21.6 Å². The molecule has 1 fully saturated rings. The van der Waals surface area contributed by atoms with Crippen LogP contribution in [0.1, 0.15) is 31.2 Å². The molecule has 5 rings (SSSR count). The zero-order valence-electron chi connectivity index (χ0n) is 18.4. The number of nitrogens with one attached hydrogen (secondary N) is 1. The van der Waals surface area contributed by atoms with Gasteiger partial charge in [0.25, 0.3) is 0 Å². The maximum Gasteiger partial charge on any atom is 0.416 e. The molecule has 0 bridgehead atoms. The van der Waals surface area contributed by atoms with E-state index in [9.17, 15) is 21.6 Å². The smallest absolute Gasteiger partial charge is 0.320 e. The van der Waals surface area contributed by atoms with E-state index in [1.807, 2.05) is 4.57 Å². The van der Waals surface area contributed by atoms with Crippen molar-refractivity contribution in [3.63, 3.8) is 0 Å². The Labute approximate surface area is 199 Å². The molecule has 1 N–H and O–H groups in total. The molecule has 2 atom stereocenters. The van der Waals surface area contributed by atoms with E-state index in [0.29, 0.717) is 36.8 Å². The number of aromatic nitrogens is 6. The fourth-order valence-electron chi connectivity index (χ4n) is 4.58. The van der Waals surface area contributed by atoms with Gasteiger partial charge in [0, 0.05) is 30.4 Å². The van der Waals surface area contributed by atoms with Crippen LogP contribution in [0.4, 0.5) is 13.2 Å². The number of rotatable bonds is 6. The van der Waals surface area contributed by atoms with Gasteiger partial charge in [0.2, 0.25) is 10.0 Å². The fraction of sp³-hybridized carbons (Fsp3) is 0.364. The Morgan fingerprint density at radius 1 is 1.06 bits per heavy atom. The van der Waals surface area contributed by atoms with Crippen LogP contribution in [0.15, 0.2) is 60.3 Å². The number of alkyl halides is 3. The topological polar surface area (TPSA) is 107 Å². The van der Waals surface area contributed by atoms with Crippen molar-refractivity contribution in [3.05, 3.63) is 60.9 Å². The molecule has 1 aliphatic carbocycles. The van der Waals surface area contributed by atoms with Crippen molar-refractivity contribution in [3.8, 4) is 11.3 Å². The average Bonchev–Trinajstić information content (AvgIpc) is 3.50. The summed E-state index contributed by atoms with van der Waals surface area (Å²) in [5.41, 5.74) is -0.245. The summed E-state index contributed by atoms with van der Waals surface area (Å²) in [6, 6.07) is 5.56. The summed E-state index contributed by atoms with van der Waals surface area (Å²) < 4.78 is 73.6. The fourth-order valence-corrected chi connectivity index (χ4v) is 5.94. The van der Waals surface area contributed by atoms with E-state index in [4.69, 9.17) is 0 Å². The predicted octanol–water partition coefficient (Wildman–Crippen LogP) is 3.54. The zero-order chi connectivity index (χ0) is 24.6. The molecule has 3 heterocycles. The second-order valence-electron chi connectivity index (χ2n) is 8.68. The first-order valence-electron chi connectivity index (χ1n) is 11.1. The molecule has 4 aromatic rings. The van der Waals surface area contributed by atoms with Crippen molar-refractivity contribution in [2.24, 2.45) is 5.92 Å². The standard InChI is InChI=1S/C22H22F3N7O2S/c23-22(24,25)17-9-16(20-4-6-26-21-5-7-29-32(20)21)10-19(11-17)35(33,34)30-18-3-1-2-15(8-18)12-31-13-27-28-14-31/h4-7,9-11,13-15,18,30H,1-3,8,12H2/t15-,18+/m1/s1. The van der Waals surface area contributed by atoms with Gasteiger partial charge in [-0.3, -0.25) is 0 Å². The Balaban J connectivity index is 1.46. The second kappa shape index (κ2) is 9.04. The SMILES string of the molecule is O=S(=O)(N[C@H]1CCC[C@@H](Cn2cnnc2)C1)c1cc(-c2ccnc3ccnn23)cc(C(F)(F)F)c1. The highest BCUT2D eigenvalue weighted by atomic mass is 32.2. The van der Waals surface area contributed by atoms with Crippen molar-refractivity contribution >= 4 is 15.7 Å². The number of nitrogens with zero attached hydrogens (tertiary/aromatic N) is 6. The van der Waals surface area contributed by atoms with Crippen LogP contribution in [0, 0.1) is 5.92 Å². The summed E-state index contributed by atoms with van der Waals surface area (Å²) in [4.78, 5) is 3.67. The third kappa shape index (κ3) is 5.05. The highest BCUT2D eigenvalue weighted by Gasteiger charge is 2.34. The first kappa shape index (κ1) is 23.4. The van der Waals surface area contributed by atoms with Crippen molar-refractivity contribution in [1.29, 1.82) is 0 Å². The zero-order valence-corrected chi connectivity index (χ0v) is 19.2. The number of hydrogen-bond donors (Lipinski definition) is 1. The molecule has 0 saturated heterocycles. The van der Waals surface area contributed by atoms with E-state index in [1.54, 1.807) is 18.7 Å². The Bertz CT molecular complexity index is 1440. The minimum atomic E-state index is -4.73. The molecular weight excluding hydrogens is 483 g/mol. The minimum Gasteiger partial charge on any atom is -0.320 e. The molecule has 0 amide bonds. The lowest BCUT2D eigenvalue weighted by Gasteiger charge is -2.29. The van der Waals surface area contributed by atoms with Gasteiger partial charge in [-0.1, -0.05) is 6.42 Å². The van der Waals surface area contributed by atoms with Crippen LogP contribution in [-0.4, -0.2) is 43.8 Å². The summed E-state index contributed by atoms with van der Waals surface area (Å²) >= 11 is 0. The molecule has 9 nitrogen and oxygen atoms in total. The summed E-state index contributed by atoms with van der Waals surface area (Å²) in [7, 11) is -4.23.